The number of aliphatic hydroxyl groups is 1. The van der Waals surface area contributed by atoms with E-state index in [1.807, 2.05) is 0 Å². The molecule has 1 aromatic rings. The van der Waals surface area contributed by atoms with Gasteiger partial charge in [-0.2, -0.15) is 0 Å². The van der Waals surface area contributed by atoms with Crippen molar-refractivity contribution in [1.82, 2.24) is 4.90 Å². The fourth-order valence-electron chi connectivity index (χ4n) is 3.66. The molecule has 0 saturated heterocycles. The van der Waals surface area contributed by atoms with Crippen molar-refractivity contribution in [3.63, 3.8) is 0 Å². The molecule has 1 aromatic heterocycles. The lowest BCUT2D eigenvalue weighted by Gasteiger charge is -2.62. The number of alkyl halides is 2. The van der Waals surface area contributed by atoms with Crippen molar-refractivity contribution in [3.05, 3.63) is 36.3 Å². The van der Waals surface area contributed by atoms with E-state index in [9.17, 15) is 18.7 Å². The third kappa shape index (κ3) is 2.26. The Bertz CT molecular complexity index is 580. The summed E-state index contributed by atoms with van der Waals surface area (Å²) in [4.78, 5) is 13.8. The number of carbonyl (C=O) groups excluding carboxylic acids is 1. The highest BCUT2D eigenvalue weighted by Crippen LogP contribution is 2.58. The first-order chi connectivity index (χ1) is 10.5. The van der Waals surface area contributed by atoms with Crippen LogP contribution in [0, 0.1) is 5.41 Å². The van der Waals surface area contributed by atoms with Crippen molar-refractivity contribution in [2.45, 2.75) is 50.8 Å². The first-order valence-corrected chi connectivity index (χ1v) is 7.46. The average Bonchev–Trinajstić information content (AvgIpc) is 2.88. The number of furan rings is 1. The molecule has 1 N–H and O–H groups in total. The first kappa shape index (κ1) is 15.2. The molecule has 1 spiro atoms. The number of amides is 1. The van der Waals surface area contributed by atoms with Gasteiger partial charge in [-0.05, 0) is 37.5 Å². The summed E-state index contributed by atoms with van der Waals surface area (Å²) in [5.41, 5.74) is -0.225. The van der Waals surface area contributed by atoms with Gasteiger partial charge in [0.05, 0.1) is 12.6 Å². The SMILES string of the molecule is C=CC(=O)N(Cc1ccc(C(F)F)o1)C1CC(O)C12CCC2. The largest absolute Gasteiger partial charge is 0.458 e. The van der Waals surface area contributed by atoms with Crippen molar-refractivity contribution in [2.24, 2.45) is 5.41 Å². The number of nitrogens with zero attached hydrogens (tertiary/aromatic N) is 1. The molecule has 1 heterocycles. The van der Waals surface area contributed by atoms with E-state index in [0.717, 1.165) is 19.3 Å². The van der Waals surface area contributed by atoms with Crippen LogP contribution in [-0.4, -0.2) is 28.1 Å². The number of hydrogen-bond donors (Lipinski definition) is 1. The standard InChI is InChI=1S/C16H19F2NO3/c1-2-14(21)19(9-10-4-5-11(22-10)15(17)18)12-8-13(20)16(12)6-3-7-16/h2,4-5,12-13,15,20H,1,3,6-9H2. The fraction of sp³-hybridized carbons (Fsp3) is 0.562. The Balaban J connectivity index is 1.78. The van der Waals surface area contributed by atoms with Crippen LogP contribution in [0.2, 0.25) is 0 Å². The lowest BCUT2D eigenvalue weighted by Crippen LogP contribution is -2.67. The highest BCUT2D eigenvalue weighted by Gasteiger charge is 2.60. The van der Waals surface area contributed by atoms with Gasteiger partial charge in [-0.25, -0.2) is 8.78 Å². The van der Waals surface area contributed by atoms with Gasteiger partial charge < -0.3 is 14.4 Å². The van der Waals surface area contributed by atoms with E-state index in [4.69, 9.17) is 4.42 Å². The van der Waals surface area contributed by atoms with Crippen molar-refractivity contribution < 1.29 is 23.1 Å². The normalized spacial score (nSPS) is 25.6. The van der Waals surface area contributed by atoms with Crippen molar-refractivity contribution >= 4 is 5.91 Å². The van der Waals surface area contributed by atoms with Crippen LogP contribution < -0.4 is 0 Å². The molecular formula is C16H19F2NO3. The Morgan fingerprint density at radius 1 is 1.55 bits per heavy atom. The summed E-state index contributed by atoms with van der Waals surface area (Å²) in [5, 5.41) is 10.0. The molecule has 6 heteroatoms. The molecule has 0 bridgehead atoms. The number of hydrogen-bond acceptors (Lipinski definition) is 3. The van der Waals surface area contributed by atoms with E-state index in [1.54, 1.807) is 4.90 Å². The van der Waals surface area contributed by atoms with Gasteiger partial charge in [0.1, 0.15) is 5.76 Å². The van der Waals surface area contributed by atoms with Gasteiger partial charge in [-0.3, -0.25) is 4.79 Å². The maximum Gasteiger partial charge on any atom is 0.295 e. The molecule has 2 saturated carbocycles. The molecule has 2 atom stereocenters. The third-order valence-electron chi connectivity index (χ3n) is 5.12. The maximum atomic E-state index is 12.6. The first-order valence-electron chi connectivity index (χ1n) is 7.46. The van der Waals surface area contributed by atoms with Crippen molar-refractivity contribution in [2.75, 3.05) is 0 Å². The molecule has 2 aliphatic carbocycles. The van der Waals surface area contributed by atoms with Crippen molar-refractivity contribution in [3.8, 4) is 0 Å². The van der Waals surface area contributed by atoms with E-state index in [-0.39, 0.29) is 30.0 Å². The van der Waals surface area contributed by atoms with E-state index >= 15 is 0 Å². The summed E-state index contributed by atoms with van der Waals surface area (Å²) < 4.78 is 30.3. The van der Waals surface area contributed by atoms with Crippen LogP contribution in [0.1, 0.15) is 43.6 Å². The molecule has 120 valence electrons. The molecule has 2 unspecified atom stereocenters. The van der Waals surface area contributed by atoms with Crippen LogP contribution in [0.5, 0.6) is 0 Å². The minimum atomic E-state index is -2.67. The van der Waals surface area contributed by atoms with Crippen LogP contribution in [0.25, 0.3) is 0 Å². The summed E-state index contributed by atoms with van der Waals surface area (Å²) in [6, 6.07) is 2.61. The summed E-state index contributed by atoms with van der Waals surface area (Å²) in [6.45, 7) is 3.63. The Labute approximate surface area is 127 Å². The summed E-state index contributed by atoms with van der Waals surface area (Å²) >= 11 is 0. The molecule has 3 rings (SSSR count). The molecule has 0 aliphatic heterocycles. The quantitative estimate of drug-likeness (QED) is 0.850. The maximum absolute atomic E-state index is 12.6. The zero-order valence-corrected chi connectivity index (χ0v) is 12.2. The predicted octanol–water partition coefficient (Wildman–Crippen LogP) is 3.04. The Hall–Kier alpha value is -1.69. The molecular weight excluding hydrogens is 292 g/mol. The molecule has 0 aromatic carbocycles. The molecule has 0 radical (unpaired) electrons. The lowest BCUT2D eigenvalue weighted by atomic mass is 9.50. The minimum absolute atomic E-state index is 0.0816. The second-order valence-electron chi connectivity index (χ2n) is 6.13. The highest BCUT2D eigenvalue weighted by molar-refractivity contribution is 5.87. The fourth-order valence-corrected chi connectivity index (χ4v) is 3.66. The van der Waals surface area contributed by atoms with Gasteiger partial charge in [-0.15, -0.1) is 0 Å². The Morgan fingerprint density at radius 3 is 2.73 bits per heavy atom. The lowest BCUT2D eigenvalue weighted by molar-refractivity contribution is -0.188. The van der Waals surface area contributed by atoms with Crippen molar-refractivity contribution in [1.29, 1.82) is 0 Å². The van der Waals surface area contributed by atoms with Crippen LogP contribution in [-0.2, 0) is 11.3 Å². The van der Waals surface area contributed by atoms with Gasteiger partial charge in [0, 0.05) is 11.5 Å². The van der Waals surface area contributed by atoms with Gasteiger partial charge in [0.2, 0.25) is 5.91 Å². The van der Waals surface area contributed by atoms with E-state index < -0.39 is 12.2 Å². The summed E-state index contributed by atoms with van der Waals surface area (Å²) in [7, 11) is 0. The van der Waals surface area contributed by atoms with E-state index in [0.29, 0.717) is 12.2 Å². The molecule has 4 nitrogen and oxygen atoms in total. The Kier molecular flexibility index (Phi) is 3.80. The topological polar surface area (TPSA) is 53.7 Å². The van der Waals surface area contributed by atoms with E-state index in [2.05, 4.69) is 6.58 Å². The second kappa shape index (κ2) is 5.50. The van der Waals surface area contributed by atoms with Gasteiger partial charge in [-0.1, -0.05) is 13.0 Å². The van der Waals surface area contributed by atoms with Crippen LogP contribution >= 0.6 is 0 Å². The van der Waals surface area contributed by atoms with Gasteiger partial charge >= 0.3 is 0 Å². The zero-order valence-electron chi connectivity index (χ0n) is 12.2. The predicted molar refractivity (Wildman–Crippen MR) is 75.1 cm³/mol. The third-order valence-corrected chi connectivity index (χ3v) is 5.12. The van der Waals surface area contributed by atoms with Gasteiger partial charge in [0.25, 0.3) is 6.43 Å². The number of carbonyl (C=O) groups is 1. The average molecular weight is 311 g/mol. The van der Waals surface area contributed by atoms with Crippen LogP contribution in [0.15, 0.2) is 29.2 Å². The Morgan fingerprint density at radius 2 is 2.27 bits per heavy atom. The number of rotatable bonds is 5. The molecule has 22 heavy (non-hydrogen) atoms. The van der Waals surface area contributed by atoms with Crippen LogP contribution in [0.4, 0.5) is 8.78 Å². The molecule has 2 fully saturated rings. The zero-order chi connectivity index (χ0) is 15.9. The highest BCUT2D eigenvalue weighted by atomic mass is 19.3. The number of halogens is 2. The molecule has 1 amide bonds. The number of aliphatic hydroxyl groups excluding tert-OH is 1. The minimum Gasteiger partial charge on any atom is -0.458 e. The monoisotopic (exact) mass is 311 g/mol. The summed E-state index contributed by atoms with van der Waals surface area (Å²) in [5.74, 6) is -0.340. The molecule has 2 aliphatic rings. The summed E-state index contributed by atoms with van der Waals surface area (Å²) in [6.07, 6.45) is 1.50. The van der Waals surface area contributed by atoms with Crippen LogP contribution in [0.3, 0.4) is 0 Å². The second-order valence-corrected chi connectivity index (χ2v) is 6.13. The van der Waals surface area contributed by atoms with Gasteiger partial charge in [0.15, 0.2) is 5.76 Å². The smallest absolute Gasteiger partial charge is 0.295 e. The van der Waals surface area contributed by atoms with E-state index in [1.165, 1.54) is 18.2 Å².